The molecule has 1 aliphatic rings. The molecule has 7 heteroatoms. The molecule has 2 rings (SSSR count). The molecule has 1 fully saturated rings. The fourth-order valence-electron chi connectivity index (χ4n) is 2.42. The normalized spacial score (nSPS) is 21.1. The first-order valence-corrected chi connectivity index (χ1v) is 9.61. The second-order valence-electron chi connectivity index (χ2n) is 4.92. The average Bonchev–Trinajstić information content (AvgIpc) is 2.42. The van der Waals surface area contributed by atoms with Gasteiger partial charge in [0.25, 0.3) is 0 Å². The van der Waals surface area contributed by atoms with Gasteiger partial charge in [-0.2, -0.15) is 4.31 Å². The van der Waals surface area contributed by atoms with E-state index in [0.29, 0.717) is 34.4 Å². The van der Waals surface area contributed by atoms with E-state index < -0.39 is 10.0 Å². The summed E-state index contributed by atoms with van der Waals surface area (Å²) in [7, 11) is -3.45. The molecule has 0 radical (unpaired) electrons. The molecular weight excluding hydrogens is 385 g/mol. The molecule has 112 valence electrons. The van der Waals surface area contributed by atoms with Crippen LogP contribution in [0.4, 0.5) is 0 Å². The van der Waals surface area contributed by atoms with Crippen molar-refractivity contribution in [2.45, 2.75) is 24.2 Å². The highest BCUT2D eigenvalue weighted by Crippen LogP contribution is 2.29. The molecule has 1 aliphatic heterocycles. The second kappa shape index (κ2) is 6.97. The first-order valence-electron chi connectivity index (χ1n) is 6.46. The Bertz CT molecular complexity index is 578. The summed E-state index contributed by atoms with van der Waals surface area (Å²) in [5.74, 6) is 0.928. The summed E-state index contributed by atoms with van der Waals surface area (Å²) in [4.78, 5) is 0.278. The second-order valence-corrected chi connectivity index (χ2v) is 8.50. The molecule has 0 saturated carbocycles. The van der Waals surface area contributed by atoms with Crippen molar-refractivity contribution < 1.29 is 8.42 Å². The van der Waals surface area contributed by atoms with Crippen molar-refractivity contribution in [2.24, 2.45) is 5.92 Å². The minimum atomic E-state index is -3.45. The maximum Gasteiger partial charge on any atom is 0.243 e. The first-order chi connectivity index (χ1) is 9.45. The van der Waals surface area contributed by atoms with E-state index >= 15 is 0 Å². The lowest BCUT2D eigenvalue weighted by Crippen LogP contribution is -2.40. The van der Waals surface area contributed by atoms with Crippen molar-refractivity contribution in [2.75, 3.05) is 19.0 Å². The van der Waals surface area contributed by atoms with Crippen LogP contribution in [0, 0.1) is 5.92 Å². The molecule has 0 aliphatic carbocycles. The van der Waals surface area contributed by atoms with E-state index in [2.05, 4.69) is 15.9 Å². The quantitative estimate of drug-likeness (QED) is 0.712. The van der Waals surface area contributed by atoms with Crippen molar-refractivity contribution in [3.63, 3.8) is 0 Å². The Balaban J connectivity index is 2.23. The van der Waals surface area contributed by atoms with Crippen LogP contribution in [0.3, 0.4) is 0 Å². The van der Waals surface area contributed by atoms with E-state index in [1.807, 2.05) is 0 Å². The minimum absolute atomic E-state index is 0.278. The van der Waals surface area contributed by atoms with Gasteiger partial charge in [-0.1, -0.05) is 11.6 Å². The van der Waals surface area contributed by atoms with E-state index in [4.69, 9.17) is 23.2 Å². The molecule has 20 heavy (non-hydrogen) atoms. The highest BCUT2D eigenvalue weighted by atomic mass is 79.9. The predicted molar refractivity (Wildman–Crippen MR) is 86.0 cm³/mol. The molecule has 1 aromatic carbocycles. The van der Waals surface area contributed by atoms with Crippen molar-refractivity contribution in [1.29, 1.82) is 0 Å². The van der Waals surface area contributed by atoms with Gasteiger partial charge in [-0.25, -0.2) is 8.42 Å². The van der Waals surface area contributed by atoms with Crippen molar-refractivity contribution >= 4 is 49.2 Å². The van der Waals surface area contributed by atoms with Gasteiger partial charge in [-0.3, -0.25) is 0 Å². The van der Waals surface area contributed by atoms with Crippen molar-refractivity contribution in [3.8, 4) is 0 Å². The smallest absolute Gasteiger partial charge is 0.207 e. The van der Waals surface area contributed by atoms with Crippen LogP contribution in [-0.2, 0) is 10.0 Å². The summed E-state index contributed by atoms with van der Waals surface area (Å²) in [5.41, 5.74) is 0. The summed E-state index contributed by atoms with van der Waals surface area (Å²) in [6, 6.07) is 4.70. The van der Waals surface area contributed by atoms with E-state index in [1.54, 1.807) is 22.5 Å². The number of hydrogen-bond acceptors (Lipinski definition) is 2. The van der Waals surface area contributed by atoms with Crippen LogP contribution >= 0.6 is 39.1 Å². The Morgan fingerprint density at radius 1 is 1.40 bits per heavy atom. The summed E-state index contributed by atoms with van der Waals surface area (Å²) in [5, 5.41) is 0.502. The third-order valence-corrected chi connectivity index (χ3v) is 6.82. The van der Waals surface area contributed by atoms with Crippen LogP contribution in [0.25, 0.3) is 0 Å². The fourth-order valence-corrected chi connectivity index (χ4v) is 4.96. The molecule has 0 N–H and O–H groups in total. The third-order valence-electron chi connectivity index (χ3n) is 3.53. The largest absolute Gasteiger partial charge is 0.243 e. The Labute approximate surface area is 138 Å². The zero-order valence-electron chi connectivity index (χ0n) is 10.9. The van der Waals surface area contributed by atoms with Gasteiger partial charge in [0, 0.05) is 23.4 Å². The number of rotatable bonds is 4. The third kappa shape index (κ3) is 3.69. The number of benzene rings is 1. The van der Waals surface area contributed by atoms with Crippen LogP contribution in [0.15, 0.2) is 27.6 Å². The Morgan fingerprint density at radius 2 is 2.15 bits per heavy atom. The monoisotopic (exact) mass is 399 g/mol. The lowest BCUT2D eigenvalue weighted by atomic mass is 9.97. The zero-order valence-corrected chi connectivity index (χ0v) is 14.8. The number of nitrogens with zero attached hydrogens (tertiary/aromatic N) is 1. The Hall–Kier alpha value is 0.190. The maximum atomic E-state index is 12.6. The summed E-state index contributed by atoms with van der Waals surface area (Å²) in [6.07, 6.45) is 2.79. The summed E-state index contributed by atoms with van der Waals surface area (Å²) >= 11 is 14.9. The molecule has 3 nitrogen and oxygen atoms in total. The molecule has 1 unspecified atom stereocenters. The lowest BCUT2D eigenvalue weighted by molar-refractivity contribution is 0.262. The van der Waals surface area contributed by atoms with Gasteiger partial charge in [-0.05, 0) is 59.3 Å². The van der Waals surface area contributed by atoms with Crippen molar-refractivity contribution in [1.82, 2.24) is 4.31 Å². The predicted octanol–water partition coefficient (Wildman–Crippen LogP) is 4.13. The van der Waals surface area contributed by atoms with Gasteiger partial charge in [-0.15, -0.1) is 11.6 Å². The summed E-state index contributed by atoms with van der Waals surface area (Å²) < 4.78 is 27.4. The number of piperidine rings is 1. The molecule has 0 bridgehead atoms. The van der Waals surface area contributed by atoms with E-state index in [1.165, 1.54) is 0 Å². The number of halogens is 3. The van der Waals surface area contributed by atoms with Crippen LogP contribution in [0.2, 0.25) is 5.02 Å². The fraction of sp³-hybridized carbons (Fsp3) is 0.538. The molecular formula is C13H16BrCl2NO2S. The van der Waals surface area contributed by atoms with Gasteiger partial charge in [0.1, 0.15) is 0 Å². The number of sulfonamides is 1. The summed E-state index contributed by atoms with van der Waals surface area (Å²) in [6.45, 7) is 1.12. The molecule has 1 atom stereocenters. The maximum absolute atomic E-state index is 12.6. The molecule has 0 aromatic heterocycles. The number of alkyl halides is 1. The lowest BCUT2D eigenvalue weighted by Gasteiger charge is -2.31. The van der Waals surface area contributed by atoms with Crippen LogP contribution in [0.1, 0.15) is 19.3 Å². The topological polar surface area (TPSA) is 37.4 Å². The van der Waals surface area contributed by atoms with Crippen molar-refractivity contribution in [3.05, 3.63) is 27.7 Å². The van der Waals surface area contributed by atoms with E-state index in [0.717, 1.165) is 19.3 Å². The molecule has 0 spiro atoms. The van der Waals surface area contributed by atoms with E-state index in [9.17, 15) is 8.42 Å². The highest BCUT2D eigenvalue weighted by molar-refractivity contribution is 9.10. The van der Waals surface area contributed by atoms with Gasteiger partial charge in [0.15, 0.2) is 0 Å². The minimum Gasteiger partial charge on any atom is -0.207 e. The molecule has 1 heterocycles. The van der Waals surface area contributed by atoms with E-state index in [-0.39, 0.29) is 4.90 Å². The van der Waals surface area contributed by atoms with Crippen LogP contribution < -0.4 is 0 Å². The van der Waals surface area contributed by atoms with Crippen LogP contribution in [-0.4, -0.2) is 31.7 Å². The number of hydrogen-bond donors (Lipinski definition) is 0. The Morgan fingerprint density at radius 3 is 2.80 bits per heavy atom. The molecule has 1 saturated heterocycles. The van der Waals surface area contributed by atoms with Gasteiger partial charge < -0.3 is 0 Å². The average molecular weight is 401 g/mol. The first kappa shape index (κ1) is 16.6. The zero-order chi connectivity index (χ0) is 14.8. The SMILES string of the molecule is O=S(=O)(c1ccc(Cl)c(Br)c1)N1CCCC(CCCl)C1. The van der Waals surface area contributed by atoms with Gasteiger partial charge in [0.05, 0.1) is 9.92 Å². The standard InChI is InChI=1S/C13H16BrCl2NO2S/c14-12-8-11(3-4-13(12)16)20(18,19)17-7-1-2-10(9-17)5-6-15/h3-4,8,10H,1-2,5-7,9H2. The molecule has 0 amide bonds. The Kier molecular flexibility index (Phi) is 5.77. The van der Waals surface area contributed by atoms with Gasteiger partial charge >= 0.3 is 0 Å². The highest BCUT2D eigenvalue weighted by Gasteiger charge is 2.30. The molecule has 1 aromatic rings. The van der Waals surface area contributed by atoms with Gasteiger partial charge in [0.2, 0.25) is 10.0 Å². The van der Waals surface area contributed by atoms with Crippen LogP contribution in [0.5, 0.6) is 0 Å².